The van der Waals surface area contributed by atoms with Gasteiger partial charge < -0.3 is 10.2 Å². The first-order chi connectivity index (χ1) is 9.17. The number of hydrogen-bond acceptors (Lipinski definition) is 4. The first-order valence-electron chi connectivity index (χ1n) is 6.65. The zero-order valence-electron chi connectivity index (χ0n) is 11.3. The number of carbonyl (C=O) groups is 2. The SMILES string of the molecule is CCC1NC(=O)C(CC)N(CCc2cscn2)C1=O. The first-order valence-corrected chi connectivity index (χ1v) is 7.59. The van der Waals surface area contributed by atoms with E-state index in [1.165, 1.54) is 0 Å². The van der Waals surface area contributed by atoms with Crippen LogP contribution in [0.15, 0.2) is 10.9 Å². The molecule has 1 fully saturated rings. The second-order valence-electron chi connectivity index (χ2n) is 4.65. The Morgan fingerprint density at radius 3 is 2.74 bits per heavy atom. The summed E-state index contributed by atoms with van der Waals surface area (Å²) in [5, 5.41) is 4.78. The van der Waals surface area contributed by atoms with Crippen molar-refractivity contribution in [2.75, 3.05) is 6.54 Å². The molecule has 19 heavy (non-hydrogen) atoms. The van der Waals surface area contributed by atoms with Gasteiger partial charge in [-0.1, -0.05) is 13.8 Å². The van der Waals surface area contributed by atoms with Gasteiger partial charge in [0.1, 0.15) is 12.1 Å². The van der Waals surface area contributed by atoms with E-state index in [1.54, 1.807) is 21.7 Å². The lowest BCUT2D eigenvalue weighted by Gasteiger charge is -2.38. The second-order valence-corrected chi connectivity index (χ2v) is 5.37. The van der Waals surface area contributed by atoms with Gasteiger partial charge in [-0.3, -0.25) is 9.59 Å². The standard InChI is InChI=1S/C13H19N3O2S/c1-3-10-13(18)16(11(4-2)12(17)15-10)6-5-9-7-19-8-14-9/h7-8,10-11H,3-6H2,1-2H3,(H,15,17). The number of rotatable bonds is 5. The number of hydrogen-bond donors (Lipinski definition) is 1. The van der Waals surface area contributed by atoms with Crippen molar-refractivity contribution >= 4 is 23.2 Å². The number of aromatic nitrogens is 1. The minimum absolute atomic E-state index is 0.0316. The Balaban J connectivity index is 2.08. The van der Waals surface area contributed by atoms with E-state index in [-0.39, 0.29) is 23.9 Å². The summed E-state index contributed by atoms with van der Waals surface area (Å²) in [6, 6.07) is -0.709. The number of thiazole rings is 1. The average Bonchev–Trinajstić information content (AvgIpc) is 2.92. The molecular weight excluding hydrogens is 262 g/mol. The maximum absolute atomic E-state index is 12.3. The van der Waals surface area contributed by atoms with Gasteiger partial charge in [-0.15, -0.1) is 11.3 Å². The summed E-state index contributed by atoms with van der Waals surface area (Å²) in [5.41, 5.74) is 2.76. The van der Waals surface area contributed by atoms with Gasteiger partial charge in [0.05, 0.1) is 11.2 Å². The normalized spacial score (nSPS) is 23.6. The molecule has 1 aromatic rings. The predicted octanol–water partition coefficient (Wildman–Crippen LogP) is 1.20. The molecule has 0 aliphatic carbocycles. The highest BCUT2D eigenvalue weighted by Gasteiger charge is 2.38. The van der Waals surface area contributed by atoms with Crippen LogP contribution < -0.4 is 5.32 Å². The average molecular weight is 281 g/mol. The monoisotopic (exact) mass is 281 g/mol. The van der Waals surface area contributed by atoms with Crippen LogP contribution in [0, 0.1) is 0 Å². The topological polar surface area (TPSA) is 62.3 Å². The van der Waals surface area contributed by atoms with E-state index < -0.39 is 0 Å². The van der Waals surface area contributed by atoms with Gasteiger partial charge >= 0.3 is 0 Å². The summed E-state index contributed by atoms with van der Waals surface area (Å²) in [6.07, 6.45) is 1.98. The summed E-state index contributed by atoms with van der Waals surface area (Å²) in [4.78, 5) is 30.2. The lowest BCUT2D eigenvalue weighted by Crippen LogP contribution is -2.63. The Kier molecular flexibility index (Phi) is 4.52. The van der Waals surface area contributed by atoms with Crippen LogP contribution in [0.5, 0.6) is 0 Å². The molecule has 0 saturated carbocycles. The van der Waals surface area contributed by atoms with Crippen molar-refractivity contribution in [3.8, 4) is 0 Å². The van der Waals surface area contributed by atoms with Crippen LogP contribution in [-0.2, 0) is 16.0 Å². The summed E-state index contributed by atoms with van der Waals surface area (Å²) < 4.78 is 0. The Morgan fingerprint density at radius 1 is 1.37 bits per heavy atom. The molecule has 2 amide bonds. The maximum atomic E-state index is 12.3. The molecule has 5 nitrogen and oxygen atoms in total. The number of nitrogens with one attached hydrogen (secondary N) is 1. The van der Waals surface area contributed by atoms with E-state index in [2.05, 4.69) is 10.3 Å². The summed E-state index contributed by atoms with van der Waals surface area (Å²) >= 11 is 1.55. The molecule has 1 aliphatic heterocycles. The molecule has 2 heterocycles. The molecule has 0 bridgehead atoms. The highest BCUT2D eigenvalue weighted by molar-refractivity contribution is 7.07. The largest absolute Gasteiger partial charge is 0.343 e. The Bertz CT molecular complexity index is 447. The van der Waals surface area contributed by atoms with Crippen molar-refractivity contribution in [3.63, 3.8) is 0 Å². The fourth-order valence-electron chi connectivity index (χ4n) is 2.37. The van der Waals surface area contributed by atoms with Gasteiger partial charge in [-0.05, 0) is 12.8 Å². The molecule has 1 N–H and O–H groups in total. The lowest BCUT2D eigenvalue weighted by atomic mass is 10.0. The molecule has 2 atom stereocenters. The third-order valence-corrected chi connectivity index (χ3v) is 4.10. The van der Waals surface area contributed by atoms with Gasteiger partial charge in [0.2, 0.25) is 11.8 Å². The molecule has 104 valence electrons. The minimum atomic E-state index is -0.370. The fraction of sp³-hybridized carbons (Fsp3) is 0.615. The number of amides is 2. The van der Waals surface area contributed by atoms with Gasteiger partial charge in [0, 0.05) is 18.3 Å². The highest BCUT2D eigenvalue weighted by Crippen LogP contribution is 2.16. The van der Waals surface area contributed by atoms with E-state index >= 15 is 0 Å². The van der Waals surface area contributed by atoms with Crippen molar-refractivity contribution in [2.24, 2.45) is 0 Å². The zero-order valence-corrected chi connectivity index (χ0v) is 12.1. The molecule has 1 aliphatic rings. The smallest absolute Gasteiger partial charge is 0.245 e. The second kappa shape index (κ2) is 6.14. The van der Waals surface area contributed by atoms with E-state index in [0.29, 0.717) is 25.8 Å². The van der Waals surface area contributed by atoms with E-state index in [4.69, 9.17) is 0 Å². The summed E-state index contributed by atoms with van der Waals surface area (Å²) in [6.45, 7) is 4.40. The summed E-state index contributed by atoms with van der Waals surface area (Å²) in [5.74, 6) is -0.00333. The molecule has 2 rings (SSSR count). The van der Waals surface area contributed by atoms with Crippen LogP contribution in [0.2, 0.25) is 0 Å². The molecule has 0 aromatic carbocycles. The number of carbonyl (C=O) groups excluding carboxylic acids is 2. The van der Waals surface area contributed by atoms with Crippen LogP contribution in [0.3, 0.4) is 0 Å². The third-order valence-electron chi connectivity index (χ3n) is 3.46. The van der Waals surface area contributed by atoms with E-state index in [9.17, 15) is 9.59 Å². The molecule has 1 saturated heterocycles. The third kappa shape index (κ3) is 2.94. The number of piperazine rings is 1. The van der Waals surface area contributed by atoms with Crippen molar-refractivity contribution in [2.45, 2.75) is 45.2 Å². The molecule has 1 aromatic heterocycles. The van der Waals surface area contributed by atoms with E-state index in [1.807, 2.05) is 19.2 Å². The van der Waals surface area contributed by atoms with Crippen molar-refractivity contribution < 1.29 is 9.59 Å². The van der Waals surface area contributed by atoms with Crippen molar-refractivity contribution in [1.29, 1.82) is 0 Å². The number of nitrogens with zero attached hydrogens (tertiary/aromatic N) is 2. The van der Waals surface area contributed by atoms with Crippen LogP contribution in [0.1, 0.15) is 32.4 Å². The molecule has 0 radical (unpaired) electrons. The van der Waals surface area contributed by atoms with Crippen LogP contribution in [0.4, 0.5) is 0 Å². The highest BCUT2D eigenvalue weighted by atomic mass is 32.1. The van der Waals surface area contributed by atoms with Crippen molar-refractivity contribution in [3.05, 3.63) is 16.6 Å². The Morgan fingerprint density at radius 2 is 2.16 bits per heavy atom. The maximum Gasteiger partial charge on any atom is 0.245 e. The van der Waals surface area contributed by atoms with Gasteiger partial charge in [0.25, 0.3) is 0 Å². The lowest BCUT2D eigenvalue weighted by molar-refractivity contribution is -0.149. The first kappa shape index (κ1) is 14.0. The molecule has 2 unspecified atom stereocenters. The van der Waals surface area contributed by atoms with Crippen molar-refractivity contribution in [1.82, 2.24) is 15.2 Å². The molecule has 0 spiro atoms. The predicted molar refractivity (Wildman–Crippen MR) is 73.8 cm³/mol. The van der Waals surface area contributed by atoms with E-state index in [0.717, 1.165) is 5.69 Å². The molecule has 6 heteroatoms. The van der Waals surface area contributed by atoms with Gasteiger partial charge in [0.15, 0.2) is 0 Å². The van der Waals surface area contributed by atoms with Gasteiger partial charge in [-0.2, -0.15) is 0 Å². The fourth-order valence-corrected chi connectivity index (χ4v) is 2.96. The Labute approximate surface area is 117 Å². The minimum Gasteiger partial charge on any atom is -0.343 e. The van der Waals surface area contributed by atoms with Gasteiger partial charge in [-0.25, -0.2) is 4.98 Å². The van der Waals surface area contributed by atoms with Crippen LogP contribution in [0.25, 0.3) is 0 Å². The Hall–Kier alpha value is -1.43. The quantitative estimate of drug-likeness (QED) is 0.882. The van der Waals surface area contributed by atoms with Crippen LogP contribution >= 0.6 is 11.3 Å². The zero-order chi connectivity index (χ0) is 13.8. The summed E-state index contributed by atoms with van der Waals surface area (Å²) in [7, 11) is 0. The van der Waals surface area contributed by atoms with Crippen LogP contribution in [-0.4, -0.2) is 40.3 Å². The molecular formula is C13H19N3O2S.